The zero-order valence-electron chi connectivity index (χ0n) is 17.7. The molecule has 200 valence electrons. The van der Waals surface area contributed by atoms with Gasteiger partial charge in [-0.1, -0.05) is 0 Å². The highest BCUT2D eigenvalue weighted by Gasteiger charge is 2.53. The van der Waals surface area contributed by atoms with Crippen molar-refractivity contribution in [2.45, 2.75) is 92.1 Å². The van der Waals surface area contributed by atoms with Gasteiger partial charge in [0, 0.05) is 0 Å². The topological polar surface area (TPSA) is 269 Å². The van der Waals surface area contributed by atoms with Crippen LogP contribution in [0.5, 0.6) is 0 Å². The summed E-state index contributed by atoms with van der Waals surface area (Å²) >= 11 is 0. The lowest BCUT2D eigenvalue weighted by molar-refractivity contribution is -0.382. The molecule has 3 fully saturated rings. The van der Waals surface area contributed by atoms with Crippen molar-refractivity contribution in [3.8, 4) is 0 Å². The van der Waals surface area contributed by atoms with Crippen molar-refractivity contribution in [3.05, 3.63) is 0 Å². The summed E-state index contributed by atoms with van der Waals surface area (Å²) in [5.74, 6) is 0. The van der Waals surface area contributed by atoms with E-state index < -0.39 is 112 Å². The molecule has 3 rings (SSSR count). The molecule has 0 amide bonds. The highest BCUT2D eigenvalue weighted by molar-refractivity contribution is 4.96. The second-order valence-corrected chi connectivity index (χ2v) is 8.33. The molecule has 34 heavy (non-hydrogen) atoms. The van der Waals surface area contributed by atoms with Crippen LogP contribution in [0.1, 0.15) is 0 Å². The maximum absolute atomic E-state index is 10.8. The molecule has 0 aromatic carbocycles. The van der Waals surface area contributed by atoms with Gasteiger partial charge >= 0.3 is 0 Å². The van der Waals surface area contributed by atoms with E-state index in [2.05, 4.69) is 0 Å². The minimum Gasteiger partial charge on any atom is -0.394 e. The maximum atomic E-state index is 10.8. The molecule has 16 nitrogen and oxygen atoms in total. The third-order valence-electron chi connectivity index (χ3n) is 6.09. The Kier molecular flexibility index (Phi) is 9.54. The van der Waals surface area contributed by atoms with Gasteiger partial charge in [0.15, 0.2) is 18.9 Å². The predicted molar refractivity (Wildman–Crippen MR) is 101 cm³/mol. The van der Waals surface area contributed by atoms with Crippen LogP contribution in [0.4, 0.5) is 0 Å². The lowest BCUT2D eigenvalue weighted by Crippen LogP contribution is -2.66. The fourth-order valence-electron chi connectivity index (χ4n) is 4.04. The Hall–Kier alpha value is -0.640. The summed E-state index contributed by atoms with van der Waals surface area (Å²) in [7, 11) is 0. The van der Waals surface area contributed by atoms with Gasteiger partial charge in [-0.25, -0.2) is 0 Å². The van der Waals surface area contributed by atoms with Gasteiger partial charge in [0.25, 0.3) is 0 Å². The summed E-state index contributed by atoms with van der Waals surface area (Å²) in [5.41, 5.74) is 0. The summed E-state index contributed by atoms with van der Waals surface area (Å²) in [6.45, 7) is -2.31. The van der Waals surface area contributed by atoms with E-state index in [0.717, 1.165) is 0 Å². The first-order valence-electron chi connectivity index (χ1n) is 10.6. The summed E-state index contributed by atoms with van der Waals surface area (Å²) in [6.07, 6.45) is -25.4. The van der Waals surface area contributed by atoms with Crippen molar-refractivity contribution >= 4 is 0 Å². The van der Waals surface area contributed by atoms with Crippen LogP contribution in [0.3, 0.4) is 0 Å². The number of aliphatic hydroxyl groups is 11. The van der Waals surface area contributed by atoms with Gasteiger partial charge in [0.2, 0.25) is 0 Å². The van der Waals surface area contributed by atoms with Gasteiger partial charge < -0.3 is 79.9 Å². The van der Waals surface area contributed by atoms with E-state index in [0.29, 0.717) is 0 Å². The van der Waals surface area contributed by atoms with Crippen molar-refractivity contribution < 1.29 is 79.9 Å². The highest BCUT2D eigenvalue weighted by Crippen LogP contribution is 2.32. The van der Waals surface area contributed by atoms with Gasteiger partial charge in [-0.15, -0.1) is 0 Å². The van der Waals surface area contributed by atoms with Crippen LogP contribution in [0, 0.1) is 0 Å². The van der Waals surface area contributed by atoms with Crippen LogP contribution >= 0.6 is 0 Å². The van der Waals surface area contributed by atoms with E-state index in [9.17, 15) is 56.2 Å². The number of ether oxygens (including phenoxy) is 5. The van der Waals surface area contributed by atoms with Crippen LogP contribution in [0.2, 0.25) is 0 Å². The molecule has 0 radical (unpaired) electrons. The molecule has 0 spiro atoms. The molecule has 0 aromatic rings. The first-order valence-corrected chi connectivity index (χ1v) is 10.6. The lowest BCUT2D eigenvalue weighted by Gasteiger charge is -2.47. The summed E-state index contributed by atoms with van der Waals surface area (Å²) in [5, 5.41) is 109. The van der Waals surface area contributed by atoms with Gasteiger partial charge in [0.1, 0.15) is 73.2 Å². The molecule has 1 unspecified atom stereocenters. The molecule has 3 aliphatic rings. The standard InChI is InChI=1S/C18H32O16/c19-1-4-7(22)9(24)11(26)17(31-4)33-14-6(3-21)30-16(29)15(13(14)28)34-18-12(27)10(25)8(23)5(2-20)32-18/h4-29H,1-3H2/t4-,5-,6-,7+,8+,9+,10+,11-,12-,13+,14+,15-,16?,17+,18+/m1/s1. The van der Waals surface area contributed by atoms with Gasteiger partial charge in [0.05, 0.1) is 19.8 Å². The molecular formula is C18H32O16. The zero-order valence-corrected chi connectivity index (χ0v) is 17.7. The largest absolute Gasteiger partial charge is 0.394 e. The Bertz CT molecular complexity index is 637. The molecule has 0 saturated carbocycles. The molecule has 11 N–H and O–H groups in total. The second-order valence-electron chi connectivity index (χ2n) is 8.33. The van der Waals surface area contributed by atoms with Gasteiger partial charge in [-0.2, -0.15) is 0 Å². The monoisotopic (exact) mass is 504 g/mol. The van der Waals surface area contributed by atoms with Crippen molar-refractivity contribution in [2.24, 2.45) is 0 Å². The van der Waals surface area contributed by atoms with Crippen molar-refractivity contribution in [3.63, 3.8) is 0 Å². The van der Waals surface area contributed by atoms with Crippen LogP contribution in [0.15, 0.2) is 0 Å². The molecule has 15 atom stereocenters. The molecule has 16 heteroatoms. The molecule has 3 aliphatic heterocycles. The number of rotatable bonds is 7. The normalized spacial score (nSPS) is 52.5. The van der Waals surface area contributed by atoms with Gasteiger partial charge in [-0.05, 0) is 0 Å². The van der Waals surface area contributed by atoms with E-state index >= 15 is 0 Å². The summed E-state index contributed by atoms with van der Waals surface area (Å²) in [6, 6.07) is 0. The third kappa shape index (κ3) is 5.37. The second kappa shape index (κ2) is 11.6. The molecular weight excluding hydrogens is 472 g/mol. The Morgan fingerprint density at radius 1 is 0.441 bits per heavy atom. The summed E-state index contributed by atoms with van der Waals surface area (Å²) < 4.78 is 26.4. The average Bonchev–Trinajstić information content (AvgIpc) is 2.82. The molecule has 0 bridgehead atoms. The van der Waals surface area contributed by atoms with Gasteiger partial charge in [-0.3, -0.25) is 0 Å². The van der Waals surface area contributed by atoms with Crippen molar-refractivity contribution in [1.82, 2.24) is 0 Å². The van der Waals surface area contributed by atoms with E-state index in [1.165, 1.54) is 0 Å². The maximum Gasteiger partial charge on any atom is 0.187 e. The average molecular weight is 504 g/mol. The predicted octanol–water partition coefficient (Wildman–Crippen LogP) is -7.57. The smallest absolute Gasteiger partial charge is 0.187 e. The Morgan fingerprint density at radius 2 is 0.853 bits per heavy atom. The zero-order chi connectivity index (χ0) is 25.3. The van der Waals surface area contributed by atoms with Crippen LogP contribution < -0.4 is 0 Å². The highest BCUT2D eigenvalue weighted by atomic mass is 16.8. The fraction of sp³-hybridized carbons (Fsp3) is 1.00. The van der Waals surface area contributed by atoms with Crippen molar-refractivity contribution in [1.29, 1.82) is 0 Å². The molecule has 0 aliphatic carbocycles. The molecule has 3 saturated heterocycles. The van der Waals surface area contributed by atoms with E-state index in [1.54, 1.807) is 0 Å². The Morgan fingerprint density at radius 3 is 1.26 bits per heavy atom. The Labute approximate surface area is 192 Å². The van der Waals surface area contributed by atoms with Crippen molar-refractivity contribution in [2.75, 3.05) is 19.8 Å². The quantitative estimate of drug-likeness (QED) is 0.154. The first-order chi connectivity index (χ1) is 16.0. The first kappa shape index (κ1) is 27.9. The lowest BCUT2D eigenvalue weighted by atomic mass is 9.96. The van der Waals surface area contributed by atoms with Crippen LogP contribution in [-0.4, -0.2) is 168 Å². The molecule has 0 aromatic heterocycles. The Balaban J connectivity index is 1.76. The number of aliphatic hydroxyl groups excluding tert-OH is 11. The third-order valence-corrected chi connectivity index (χ3v) is 6.09. The van der Waals surface area contributed by atoms with Crippen LogP contribution in [0.25, 0.3) is 0 Å². The van der Waals surface area contributed by atoms with Crippen LogP contribution in [-0.2, 0) is 23.7 Å². The van der Waals surface area contributed by atoms with E-state index in [4.69, 9.17) is 23.7 Å². The number of hydrogen-bond acceptors (Lipinski definition) is 16. The fourth-order valence-corrected chi connectivity index (χ4v) is 4.04. The van der Waals surface area contributed by atoms with E-state index in [-0.39, 0.29) is 0 Å². The minimum atomic E-state index is -1.92. The molecule has 3 heterocycles. The van der Waals surface area contributed by atoms with E-state index in [1.807, 2.05) is 0 Å². The minimum absolute atomic E-state index is 0.750. The summed E-state index contributed by atoms with van der Waals surface area (Å²) in [4.78, 5) is 0. The number of hydrogen-bond donors (Lipinski definition) is 11. The SMILES string of the molecule is OC[C@H]1O[C@@H](O[C@@H]2[C@H](O)[C@@H](O[C@@H]3O[C@H](CO)[C@H](O)[C@H](O)[C@H]3O)C(O)O[C@@H]2CO)[C@H](O)[C@@H](O)[C@H]1O.